The van der Waals surface area contributed by atoms with Crippen LogP contribution in [0.5, 0.6) is 0 Å². The molecule has 1 aromatic heterocycles. The minimum Gasteiger partial charge on any atom is -0.258 e. The molecule has 0 fully saturated rings. The monoisotopic (exact) mass is 218 g/mol. The van der Waals surface area contributed by atoms with Gasteiger partial charge in [-0.25, -0.2) is 4.98 Å². The van der Waals surface area contributed by atoms with Crippen molar-refractivity contribution in [3.63, 3.8) is 0 Å². The number of rotatable bonds is 3. The number of aromatic nitrogens is 1. The molecule has 0 amide bonds. The third-order valence-electron chi connectivity index (χ3n) is 1.33. The standard InChI is InChI=1S/C7H7ClN2O2S/c1-2-13-5-3-4-9-7(8)6(5)10(11)12/h3-4H,2H2,1H3. The number of pyridine rings is 1. The summed E-state index contributed by atoms with van der Waals surface area (Å²) in [5, 5.41) is 10.5. The highest BCUT2D eigenvalue weighted by Gasteiger charge is 2.19. The predicted molar refractivity (Wildman–Crippen MR) is 52.3 cm³/mol. The molecule has 0 aromatic carbocycles. The molecule has 70 valence electrons. The molecule has 13 heavy (non-hydrogen) atoms. The van der Waals surface area contributed by atoms with Crippen molar-refractivity contribution >= 4 is 29.1 Å². The minimum absolute atomic E-state index is 0.0524. The molecule has 0 spiro atoms. The maximum atomic E-state index is 10.6. The van der Waals surface area contributed by atoms with Crippen molar-refractivity contribution in [2.45, 2.75) is 11.8 Å². The first kappa shape index (κ1) is 10.3. The van der Waals surface area contributed by atoms with E-state index in [9.17, 15) is 10.1 Å². The topological polar surface area (TPSA) is 56.0 Å². The van der Waals surface area contributed by atoms with Crippen molar-refractivity contribution in [3.05, 3.63) is 27.5 Å². The summed E-state index contributed by atoms with van der Waals surface area (Å²) in [6.07, 6.45) is 1.47. The summed E-state index contributed by atoms with van der Waals surface area (Å²) < 4.78 is 0. The summed E-state index contributed by atoms with van der Waals surface area (Å²) in [4.78, 5) is 14.3. The second kappa shape index (κ2) is 4.43. The molecular formula is C7H7ClN2O2S. The Morgan fingerprint density at radius 3 is 3.00 bits per heavy atom. The van der Waals surface area contributed by atoms with Gasteiger partial charge in [0.15, 0.2) is 0 Å². The summed E-state index contributed by atoms with van der Waals surface area (Å²) in [6, 6.07) is 1.60. The van der Waals surface area contributed by atoms with Crippen LogP contribution in [0.15, 0.2) is 17.2 Å². The van der Waals surface area contributed by atoms with Crippen molar-refractivity contribution in [1.29, 1.82) is 0 Å². The zero-order valence-electron chi connectivity index (χ0n) is 6.86. The molecule has 1 heterocycles. The van der Waals surface area contributed by atoms with E-state index in [4.69, 9.17) is 11.6 Å². The Hall–Kier alpha value is -0.810. The maximum Gasteiger partial charge on any atom is 0.319 e. The maximum absolute atomic E-state index is 10.6. The van der Waals surface area contributed by atoms with Gasteiger partial charge in [0.05, 0.1) is 9.82 Å². The normalized spacial score (nSPS) is 10.0. The highest BCUT2D eigenvalue weighted by molar-refractivity contribution is 7.99. The third-order valence-corrected chi connectivity index (χ3v) is 2.53. The number of hydrogen-bond donors (Lipinski definition) is 0. The van der Waals surface area contributed by atoms with E-state index in [1.807, 2.05) is 6.92 Å². The van der Waals surface area contributed by atoms with Crippen molar-refractivity contribution in [3.8, 4) is 0 Å². The molecule has 0 aliphatic heterocycles. The second-order valence-electron chi connectivity index (χ2n) is 2.14. The first-order valence-electron chi connectivity index (χ1n) is 3.58. The summed E-state index contributed by atoms with van der Waals surface area (Å²) in [6.45, 7) is 1.92. The predicted octanol–water partition coefficient (Wildman–Crippen LogP) is 2.76. The lowest BCUT2D eigenvalue weighted by molar-refractivity contribution is -0.387. The van der Waals surface area contributed by atoms with Crippen molar-refractivity contribution < 1.29 is 4.92 Å². The fourth-order valence-electron chi connectivity index (χ4n) is 0.849. The van der Waals surface area contributed by atoms with Gasteiger partial charge < -0.3 is 0 Å². The van der Waals surface area contributed by atoms with E-state index in [1.165, 1.54) is 18.0 Å². The molecule has 0 aliphatic rings. The largest absolute Gasteiger partial charge is 0.319 e. The second-order valence-corrected chi connectivity index (χ2v) is 3.80. The number of nitro groups is 1. The number of hydrogen-bond acceptors (Lipinski definition) is 4. The Balaban J connectivity index is 3.17. The van der Waals surface area contributed by atoms with Gasteiger partial charge in [-0.2, -0.15) is 0 Å². The molecule has 0 saturated heterocycles. The number of halogens is 1. The Kier molecular flexibility index (Phi) is 3.50. The average molecular weight is 219 g/mol. The first-order chi connectivity index (χ1) is 6.16. The van der Waals surface area contributed by atoms with E-state index in [0.29, 0.717) is 4.90 Å². The average Bonchev–Trinajstić information content (AvgIpc) is 2.04. The molecule has 0 aliphatic carbocycles. The molecule has 1 aromatic rings. The fourth-order valence-corrected chi connectivity index (χ4v) is 1.91. The quantitative estimate of drug-likeness (QED) is 0.339. The molecule has 0 saturated carbocycles. The van der Waals surface area contributed by atoms with E-state index >= 15 is 0 Å². The van der Waals surface area contributed by atoms with E-state index in [2.05, 4.69) is 4.98 Å². The summed E-state index contributed by atoms with van der Waals surface area (Å²) in [7, 11) is 0. The number of thioether (sulfide) groups is 1. The van der Waals surface area contributed by atoms with Gasteiger partial charge in [0.25, 0.3) is 0 Å². The van der Waals surface area contributed by atoms with Crippen LogP contribution >= 0.6 is 23.4 Å². The Bertz CT molecular complexity index is 332. The Morgan fingerprint density at radius 1 is 1.77 bits per heavy atom. The lowest BCUT2D eigenvalue weighted by atomic mass is 10.4. The van der Waals surface area contributed by atoms with Crippen LogP contribution in [0.1, 0.15) is 6.92 Å². The Labute approximate surface area is 84.5 Å². The van der Waals surface area contributed by atoms with Gasteiger partial charge in [0.2, 0.25) is 5.15 Å². The fraction of sp³-hybridized carbons (Fsp3) is 0.286. The highest BCUT2D eigenvalue weighted by Crippen LogP contribution is 2.33. The van der Waals surface area contributed by atoms with Gasteiger partial charge in [-0.05, 0) is 11.8 Å². The van der Waals surface area contributed by atoms with Crippen LogP contribution in [0.4, 0.5) is 5.69 Å². The van der Waals surface area contributed by atoms with Crippen LogP contribution in [-0.2, 0) is 0 Å². The van der Waals surface area contributed by atoms with Crippen molar-refractivity contribution in [1.82, 2.24) is 4.98 Å². The van der Waals surface area contributed by atoms with Gasteiger partial charge in [0.1, 0.15) is 0 Å². The van der Waals surface area contributed by atoms with Gasteiger partial charge in [-0.3, -0.25) is 10.1 Å². The highest BCUT2D eigenvalue weighted by atomic mass is 35.5. The van der Waals surface area contributed by atoms with E-state index in [-0.39, 0.29) is 10.8 Å². The van der Waals surface area contributed by atoms with Crippen molar-refractivity contribution in [2.75, 3.05) is 5.75 Å². The van der Waals surface area contributed by atoms with Gasteiger partial charge in [-0.1, -0.05) is 18.5 Å². The van der Waals surface area contributed by atoms with E-state index in [1.54, 1.807) is 6.07 Å². The van der Waals surface area contributed by atoms with Crippen molar-refractivity contribution in [2.24, 2.45) is 0 Å². The van der Waals surface area contributed by atoms with Crippen LogP contribution in [0.3, 0.4) is 0 Å². The number of nitrogens with zero attached hydrogens (tertiary/aromatic N) is 2. The van der Waals surface area contributed by atoms with E-state index in [0.717, 1.165) is 5.75 Å². The summed E-state index contributed by atoms with van der Waals surface area (Å²) in [5.74, 6) is 0.765. The molecule has 0 N–H and O–H groups in total. The molecule has 0 radical (unpaired) electrons. The van der Waals surface area contributed by atoms with Gasteiger partial charge in [0, 0.05) is 6.20 Å². The van der Waals surface area contributed by atoms with Crippen LogP contribution < -0.4 is 0 Å². The van der Waals surface area contributed by atoms with Crippen LogP contribution in [-0.4, -0.2) is 15.7 Å². The molecular weight excluding hydrogens is 212 g/mol. The van der Waals surface area contributed by atoms with Crippen LogP contribution in [0, 0.1) is 10.1 Å². The lowest BCUT2D eigenvalue weighted by Crippen LogP contribution is -1.93. The molecule has 0 atom stereocenters. The Morgan fingerprint density at radius 2 is 2.46 bits per heavy atom. The SMILES string of the molecule is CCSc1ccnc(Cl)c1[N+](=O)[O-]. The summed E-state index contributed by atoms with van der Waals surface area (Å²) >= 11 is 6.97. The molecule has 0 bridgehead atoms. The lowest BCUT2D eigenvalue weighted by Gasteiger charge is -2.00. The smallest absolute Gasteiger partial charge is 0.258 e. The first-order valence-corrected chi connectivity index (χ1v) is 4.95. The zero-order chi connectivity index (χ0) is 9.84. The van der Waals surface area contributed by atoms with Gasteiger partial charge >= 0.3 is 5.69 Å². The van der Waals surface area contributed by atoms with Gasteiger partial charge in [-0.15, -0.1) is 11.8 Å². The third kappa shape index (κ3) is 2.32. The zero-order valence-corrected chi connectivity index (χ0v) is 8.43. The van der Waals surface area contributed by atoms with Crippen LogP contribution in [0.2, 0.25) is 5.15 Å². The molecule has 1 rings (SSSR count). The molecule has 4 nitrogen and oxygen atoms in total. The van der Waals surface area contributed by atoms with Crippen LogP contribution in [0.25, 0.3) is 0 Å². The minimum atomic E-state index is -0.507. The van der Waals surface area contributed by atoms with E-state index < -0.39 is 4.92 Å². The summed E-state index contributed by atoms with van der Waals surface area (Å²) in [5.41, 5.74) is -0.101. The molecule has 0 unspecified atom stereocenters. The molecule has 6 heteroatoms.